The van der Waals surface area contributed by atoms with E-state index in [9.17, 15) is 13.2 Å². The molecule has 1 heterocycles. The van der Waals surface area contributed by atoms with Crippen molar-refractivity contribution < 1.29 is 13.2 Å². The van der Waals surface area contributed by atoms with Gasteiger partial charge in [0, 0.05) is 38.4 Å². The van der Waals surface area contributed by atoms with Crippen LogP contribution in [0.15, 0.2) is 0 Å². The smallest absolute Gasteiger partial charge is 0.222 e. The number of likely N-dealkylation sites (N-methyl/N-ethyl adjacent to an activating group) is 1. The van der Waals surface area contributed by atoms with E-state index < -0.39 is 9.84 Å². The van der Waals surface area contributed by atoms with Crippen LogP contribution in [0.25, 0.3) is 0 Å². The minimum atomic E-state index is -2.94. The first-order chi connectivity index (χ1) is 7.28. The number of rotatable bonds is 4. The van der Waals surface area contributed by atoms with E-state index in [0.717, 1.165) is 6.42 Å². The van der Waals surface area contributed by atoms with Crippen molar-refractivity contribution in [1.29, 1.82) is 0 Å². The van der Waals surface area contributed by atoms with Gasteiger partial charge in [0.05, 0.1) is 5.75 Å². The summed E-state index contributed by atoms with van der Waals surface area (Å²) in [7, 11) is -1.17. The lowest BCUT2D eigenvalue weighted by molar-refractivity contribution is -0.132. The second-order valence-corrected chi connectivity index (χ2v) is 6.85. The van der Waals surface area contributed by atoms with Gasteiger partial charge in [0.15, 0.2) is 0 Å². The normalized spacial score (nSPS) is 24.6. The predicted molar refractivity (Wildman–Crippen MR) is 63.0 cm³/mol. The summed E-state index contributed by atoms with van der Waals surface area (Å²) in [6.07, 6.45) is 2.57. The van der Waals surface area contributed by atoms with Crippen LogP contribution in [0.2, 0.25) is 0 Å². The maximum Gasteiger partial charge on any atom is 0.222 e. The van der Waals surface area contributed by atoms with Crippen molar-refractivity contribution in [1.82, 2.24) is 10.2 Å². The molecule has 0 saturated carbocycles. The summed E-state index contributed by atoms with van der Waals surface area (Å²) in [6, 6.07) is 0.140. The maximum atomic E-state index is 11.3. The zero-order valence-electron chi connectivity index (χ0n) is 10.1. The van der Waals surface area contributed by atoms with E-state index in [4.69, 9.17) is 0 Å². The van der Waals surface area contributed by atoms with Gasteiger partial charge in [0.25, 0.3) is 0 Å². The SMILES string of the molecule is CC(CS(C)(=O)=O)NC1CCC(=O)N(C)C1. The third-order valence-corrected chi connectivity index (χ3v) is 3.81. The Kier molecular flexibility index (Phi) is 4.32. The molecule has 2 atom stereocenters. The molecule has 1 amide bonds. The third-order valence-electron chi connectivity index (χ3n) is 2.70. The summed E-state index contributed by atoms with van der Waals surface area (Å²) in [5, 5.41) is 3.25. The Bertz CT molecular complexity index is 353. The molecule has 2 unspecified atom stereocenters. The third kappa shape index (κ3) is 4.49. The van der Waals surface area contributed by atoms with Crippen molar-refractivity contribution in [2.24, 2.45) is 0 Å². The molecule has 0 bridgehead atoms. The van der Waals surface area contributed by atoms with Gasteiger partial charge in [0.1, 0.15) is 9.84 Å². The largest absolute Gasteiger partial charge is 0.344 e. The number of likely N-dealkylation sites (tertiary alicyclic amines) is 1. The second kappa shape index (κ2) is 5.14. The van der Waals surface area contributed by atoms with E-state index in [1.54, 1.807) is 11.9 Å². The molecule has 1 fully saturated rings. The minimum Gasteiger partial charge on any atom is -0.344 e. The van der Waals surface area contributed by atoms with Crippen LogP contribution < -0.4 is 5.32 Å². The summed E-state index contributed by atoms with van der Waals surface area (Å²) in [4.78, 5) is 12.9. The van der Waals surface area contributed by atoms with Crippen LogP contribution in [0.3, 0.4) is 0 Å². The molecule has 0 aromatic carbocycles. The maximum absolute atomic E-state index is 11.3. The van der Waals surface area contributed by atoms with E-state index >= 15 is 0 Å². The number of carbonyl (C=O) groups is 1. The van der Waals surface area contributed by atoms with Gasteiger partial charge in [-0.25, -0.2) is 8.42 Å². The molecule has 1 rings (SSSR count). The first kappa shape index (κ1) is 13.4. The van der Waals surface area contributed by atoms with E-state index in [1.807, 2.05) is 6.92 Å². The monoisotopic (exact) mass is 248 g/mol. The van der Waals surface area contributed by atoms with E-state index in [1.165, 1.54) is 6.26 Å². The number of piperidine rings is 1. The van der Waals surface area contributed by atoms with Crippen LogP contribution in [0, 0.1) is 0 Å². The van der Waals surface area contributed by atoms with Crippen LogP contribution in [0.5, 0.6) is 0 Å². The van der Waals surface area contributed by atoms with Crippen LogP contribution in [-0.4, -0.2) is 56.9 Å². The fourth-order valence-electron chi connectivity index (χ4n) is 2.05. The summed E-state index contributed by atoms with van der Waals surface area (Å²) >= 11 is 0. The Hall–Kier alpha value is -0.620. The highest BCUT2D eigenvalue weighted by atomic mass is 32.2. The quantitative estimate of drug-likeness (QED) is 0.737. The fourth-order valence-corrected chi connectivity index (χ4v) is 3.06. The molecular formula is C10H20N2O3S. The highest BCUT2D eigenvalue weighted by Crippen LogP contribution is 2.10. The first-order valence-corrected chi connectivity index (χ1v) is 7.51. The number of nitrogens with zero attached hydrogens (tertiary/aromatic N) is 1. The Morgan fingerprint density at radius 1 is 1.56 bits per heavy atom. The molecule has 0 spiro atoms. The Balaban J connectivity index is 2.40. The van der Waals surface area contributed by atoms with Gasteiger partial charge in [-0.05, 0) is 13.3 Å². The molecule has 0 aromatic heterocycles. The first-order valence-electron chi connectivity index (χ1n) is 5.45. The van der Waals surface area contributed by atoms with Gasteiger partial charge >= 0.3 is 0 Å². The molecule has 1 aliphatic rings. The van der Waals surface area contributed by atoms with Crippen LogP contribution >= 0.6 is 0 Å². The lowest BCUT2D eigenvalue weighted by atomic mass is 10.1. The van der Waals surface area contributed by atoms with Crippen molar-refractivity contribution in [3.05, 3.63) is 0 Å². The van der Waals surface area contributed by atoms with E-state index in [2.05, 4.69) is 5.32 Å². The van der Waals surface area contributed by atoms with Gasteiger partial charge in [-0.2, -0.15) is 0 Å². The van der Waals surface area contributed by atoms with Crippen molar-refractivity contribution in [2.45, 2.75) is 31.8 Å². The van der Waals surface area contributed by atoms with Crippen LogP contribution in [0.1, 0.15) is 19.8 Å². The Morgan fingerprint density at radius 3 is 2.69 bits per heavy atom. The number of amides is 1. The molecule has 0 radical (unpaired) electrons. The van der Waals surface area contributed by atoms with Crippen molar-refractivity contribution >= 4 is 15.7 Å². The van der Waals surface area contributed by atoms with Crippen molar-refractivity contribution in [2.75, 3.05) is 25.6 Å². The Labute approximate surface area is 97.1 Å². The molecule has 1 aliphatic heterocycles. The minimum absolute atomic E-state index is 0.0680. The van der Waals surface area contributed by atoms with Gasteiger partial charge in [-0.3, -0.25) is 4.79 Å². The van der Waals surface area contributed by atoms with Crippen molar-refractivity contribution in [3.8, 4) is 0 Å². The molecule has 1 saturated heterocycles. The summed E-state index contributed by atoms with van der Waals surface area (Å²) in [6.45, 7) is 2.52. The van der Waals surface area contributed by atoms with Gasteiger partial charge < -0.3 is 10.2 Å². The van der Waals surface area contributed by atoms with E-state index in [-0.39, 0.29) is 23.7 Å². The van der Waals surface area contributed by atoms with Gasteiger partial charge in [-0.15, -0.1) is 0 Å². The molecule has 94 valence electrons. The fraction of sp³-hybridized carbons (Fsp3) is 0.900. The standard InChI is InChI=1S/C10H20N2O3S/c1-8(7-16(3,14)15)11-9-4-5-10(13)12(2)6-9/h8-9,11H,4-7H2,1-3H3. The average Bonchev–Trinajstić information content (AvgIpc) is 2.08. The van der Waals surface area contributed by atoms with Crippen LogP contribution in [-0.2, 0) is 14.6 Å². The molecule has 1 N–H and O–H groups in total. The molecular weight excluding hydrogens is 228 g/mol. The number of sulfone groups is 1. The van der Waals surface area contributed by atoms with Gasteiger partial charge in [0.2, 0.25) is 5.91 Å². The lowest BCUT2D eigenvalue weighted by Gasteiger charge is -2.32. The predicted octanol–water partition coefficient (Wildman–Crippen LogP) is -0.370. The average molecular weight is 248 g/mol. The molecule has 5 nitrogen and oxygen atoms in total. The number of carbonyl (C=O) groups excluding carboxylic acids is 1. The number of nitrogens with one attached hydrogen (secondary N) is 1. The summed E-state index contributed by atoms with van der Waals surface area (Å²) < 4.78 is 22.2. The van der Waals surface area contributed by atoms with Gasteiger partial charge in [-0.1, -0.05) is 0 Å². The zero-order chi connectivity index (χ0) is 12.3. The molecule has 16 heavy (non-hydrogen) atoms. The van der Waals surface area contributed by atoms with Crippen molar-refractivity contribution in [3.63, 3.8) is 0 Å². The number of hydrogen-bond acceptors (Lipinski definition) is 4. The molecule has 6 heteroatoms. The zero-order valence-corrected chi connectivity index (χ0v) is 10.9. The highest BCUT2D eigenvalue weighted by Gasteiger charge is 2.24. The molecule has 0 aliphatic carbocycles. The lowest BCUT2D eigenvalue weighted by Crippen LogP contribution is -2.50. The second-order valence-electron chi connectivity index (χ2n) is 4.67. The summed E-state index contributed by atoms with van der Waals surface area (Å²) in [5.74, 6) is 0.301. The highest BCUT2D eigenvalue weighted by molar-refractivity contribution is 7.90. The number of hydrogen-bond donors (Lipinski definition) is 1. The topological polar surface area (TPSA) is 66.5 Å². The summed E-state index contributed by atoms with van der Waals surface area (Å²) in [5.41, 5.74) is 0. The van der Waals surface area contributed by atoms with E-state index in [0.29, 0.717) is 13.0 Å². The Morgan fingerprint density at radius 2 is 2.19 bits per heavy atom. The van der Waals surface area contributed by atoms with Crippen LogP contribution in [0.4, 0.5) is 0 Å². The molecule has 0 aromatic rings.